The van der Waals surface area contributed by atoms with Crippen LogP contribution in [0.2, 0.25) is 5.02 Å². The normalized spacial score (nSPS) is 23.4. The number of Topliss-reactive ketones (excluding diaryl/α,β-unsaturated/α-hetero) is 1. The second-order valence-corrected chi connectivity index (χ2v) is 9.94. The number of anilines is 1. The molecule has 1 N–H and O–H groups in total. The topological polar surface area (TPSA) is 90.4 Å². The number of likely N-dealkylation sites (tertiary alicyclic amines) is 1. The molecule has 2 aromatic rings. The standard InChI is InChI=1S/C28H30ClN3O5/c1-2-12-31-22-7-4-3-6-21(22)28(27(31)36)23(24(33)19-8-10-20(29)11-9-19)25(34)26(35)32(28)14-5-13-30-15-17-37-18-16-30/h3-4,6-11,33H,2,5,12-18H2,1H3/t28-/m1/s1. The first-order valence-corrected chi connectivity index (χ1v) is 13.1. The summed E-state index contributed by atoms with van der Waals surface area (Å²) in [6, 6.07) is 13.6. The summed E-state index contributed by atoms with van der Waals surface area (Å²) in [4.78, 5) is 46.8. The Kier molecular flexibility index (Phi) is 7.07. The zero-order chi connectivity index (χ0) is 26.2. The summed E-state index contributed by atoms with van der Waals surface area (Å²) in [5.41, 5.74) is -0.420. The highest BCUT2D eigenvalue weighted by Crippen LogP contribution is 2.53. The van der Waals surface area contributed by atoms with Gasteiger partial charge in [-0.3, -0.25) is 19.3 Å². The minimum absolute atomic E-state index is 0.192. The van der Waals surface area contributed by atoms with Gasteiger partial charge >= 0.3 is 0 Å². The first-order valence-electron chi connectivity index (χ1n) is 12.7. The Morgan fingerprint density at radius 2 is 1.70 bits per heavy atom. The summed E-state index contributed by atoms with van der Waals surface area (Å²) in [6.45, 7) is 6.20. The number of hydrogen-bond acceptors (Lipinski definition) is 6. The third-order valence-corrected chi connectivity index (χ3v) is 7.59. The predicted octanol–water partition coefficient (Wildman–Crippen LogP) is 3.39. The summed E-state index contributed by atoms with van der Waals surface area (Å²) < 4.78 is 5.42. The molecule has 2 amide bonds. The molecule has 2 fully saturated rings. The van der Waals surface area contributed by atoms with Crippen LogP contribution in [0, 0.1) is 0 Å². The van der Waals surface area contributed by atoms with Crippen LogP contribution in [0.4, 0.5) is 5.69 Å². The number of morpholine rings is 1. The van der Waals surface area contributed by atoms with Crippen molar-refractivity contribution in [1.29, 1.82) is 0 Å². The maximum atomic E-state index is 14.3. The molecule has 2 saturated heterocycles. The van der Waals surface area contributed by atoms with Crippen LogP contribution in [0.3, 0.4) is 0 Å². The van der Waals surface area contributed by atoms with E-state index >= 15 is 0 Å². The van der Waals surface area contributed by atoms with E-state index in [0.29, 0.717) is 61.0 Å². The number of para-hydroxylation sites is 1. The van der Waals surface area contributed by atoms with Gasteiger partial charge < -0.3 is 19.6 Å². The third-order valence-electron chi connectivity index (χ3n) is 7.33. The largest absolute Gasteiger partial charge is 0.507 e. The molecule has 0 radical (unpaired) electrons. The van der Waals surface area contributed by atoms with Crippen LogP contribution in [0.25, 0.3) is 5.76 Å². The monoisotopic (exact) mass is 523 g/mol. The Bertz CT molecular complexity index is 1250. The molecule has 8 nitrogen and oxygen atoms in total. The Labute approximate surface area is 221 Å². The molecular formula is C28H30ClN3O5. The van der Waals surface area contributed by atoms with Crippen LogP contribution >= 0.6 is 11.6 Å². The smallest absolute Gasteiger partial charge is 0.296 e. The lowest BCUT2D eigenvalue weighted by atomic mass is 9.82. The Morgan fingerprint density at radius 1 is 1.00 bits per heavy atom. The van der Waals surface area contributed by atoms with Crippen molar-refractivity contribution < 1.29 is 24.2 Å². The van der Waals surface area contributed by atoms with Gasteiger partial charge in [0.15, 0.2) is 5.54 Å². The van der Waals surface area contributed by atoms with Crippen molar-refractivity contribution >= 4 is 40.6 Å². The fourth-order valence-corrected chi connectivity index (χ4v) is 5.77. The molecule has 37 heavy (non-hydrogen) atoms. The lowest BCUT2D eigenvalue weighted by Gasteiger charge is -2.35. The zero-order valence-electron chi connectivity index (χ0n) is 20.8. The van der Waals surface area contributed by atoms with E-state index in [0.717, 1.165) is 13.1 Å². The quantitative estimate of drug-likeness (QED) is 0.340. The SMILES string of the molecule is CCCN1C(=O)[C@]2(C(=C(O)c3ccc(Cl)cc3)C(=O)C(=O)N2CCCN2CCOCC2)c2ccccc21. The van der Waals surface area contributed by atoms with Gasteiger partial charge in [-0.1, -0.05) is 36.7 Å². The summed E-state index contributed by atoms with van der Waals surface area (Å²) in [5, 5.41) is 11.9. The lowest BCUT2D eigenvalue weighted by Crippen LogP contribution is -2.52. The van der Waals surface area contributed by atoms with Crippen molar-refractivity contribution in [3.05, 3.63) is 70.3 Å². The van der Waals surface area contributed by atoms with Gasteiger partial charge in [0.25, 0.3) is 17.6 Å². The maximum absolute atomic E-state index is 14.3. The molecule has 9 heteroatoms. The average Bonchev–Trinajstić information content (AvgIpc) is 3.28. The molecule has 2 aromatic carbocycles. The van der Waals surface area contributed by atoms with E-state index in [4.69, 9.17) is 16.3 Å². The minimum Gasteiger partial charge on any atom is -0.507 e. The molecule has 0 unspecified atom stereocenters. The van der Waals surface area contributed by atoms with Crippen molar-refractivity contribution in [3.8, 4) is 0 Å². The fraction of sp³-hybridized carbons (Fsp3) is 0.393. The van der Waals surface area contributed by atoms with Gasteiger partial charge in [-0.25, -0.2) is 0 Å². The number of hydrogen-bond donors (Lipinski definition) is 1. The summed E-state index contributed by atoms with van der Waals surface area (Å²) in [7, 11) is 0. The Hall–Kier alpha value is -3.20. The molecule has 3 heterocycles. The first kappa shape index (κ1) is 25.4. The molecule has 0 bridgehead atoms. The number of ether oxygens (including phenoxy) is 1. The highest BCUT2D eigenvalue weighted by Gasteiger charge is 2.66. The third kappa shape index (κ3) is 4.13. The van der Waals surface area contributed by atoms with Gasteiger partial charge in [0.1, 0.15) is 5.76 Å². The van der Waals surface area contributed by atoms with Crippen LogP contribution in [-0.2, 0) is 24.7 Å². The molecule has 3 aliphatic heterocycles. The van der Waals surface area contributed by atoms with Crippen molar-refractivity contribution in [2.75, 3.05) is 50.8 Å². The maximum Gasteiger partial charge on any atom is 0.296 e. The number of nitrogens with zero attached hydrogens (tertiary/aromatic N) is 3. The van der Waals surface area contributed by atoms with Gasteiger partial charge in [0.2, 0.25) is 0 Å². The van der Waals surface area contributed by atoms with Crippen LogP contribution in [0.5, 0.6) is 0 Å². The number of carbonyl (C=O) groups is 3. The number of aliphatic hydroxyl groups is 1. The second-order valence-electron chi connectivity index (χ2n) is 9.51. The summed E-state index contributed by atoms with van der Waals surface area (Å²) in [5.74, 6) is -2.41. The molecule has 1 atom stereocenters. The molecular weight excluding hydrogens is 494 g/mol. The summed E-state index contributed by atoms with van der Waals surface area (Å²) >= 11 is 6.04. The number of ketones is 1. The molecule has 194 valence electrons. The lowest BCUT2D eigenvalue weighted by molar-refractivity contribution is -0.143. The van der Waals surface area contributed by atoms with Crippen molar-refractivity contribution in [2.24, 2.45) is 0 Å². The zero-order valence-corrected chi connectivity index (χ0v) is 21.5. The second kappa shape index (κ2) is 10.3. The Morgan fingerprint density at radius 3 is 2.41 bits per heavy atom. The molecule has 0 saturated carbocycles. The first-order chi connectivity index (χ1) is 17.9. The number of halogens is 1. The predicted molar refractivity (Wildman–Crippen MR) is 140 cm³/mol. The number of fused-ring (bicyclic) bond motifs is 2. The van der Waals surface area contributed by atoms with Gasteiger partial charge in [-0.2, -0.15) is 0 Å². The van der Waals surface area contributed by atoms with Gasteiger partial charge in [-0.05, 0) is 43.2 Å². The fourth-order valence-electron chi connectivity index (χ4n) is 5.64. The van der Waals surface area contributed by atoms with E-state index in [1.165, 1.54) is 4.90 Å². The van der Waals surface area contributed by atoms with E-state index in [-0.39, 0.29) is 17.9 Å². The number of aliphatic hydroxyl groups excluding tert-OH is 1. The number of rotatable bonds is 7. The van der Waals surface area contributed by atoms with Crippen molar-refractivity contribution in [2.45, 2.75) is 25.3 Å². The minimum atomic E-state index is -1.73. The highest BCUT2D eigenvalue weighted by atomic mass is 35.5. The van der Waals surface area contributed by atoms with E-state index in [9.17, 15) is 19.5 Å². The molecule has 5 rings (SSSR count). The van der Waals surface area contributed by atoms with E-state index in [1.807, 2.05) is 19.1 Å². The summed E-state index contributed by atoms with van der Waals surface area (Å²) in [6.07, 6.45) is 1.26. The van der Waals surface area contributed by atoms with Crippen LogP contribution in [0.15, 0.2) is 54.1 Å². The van der Waals surface area contributed by atoms with Crippen molar-refractivity contribution in [3.63, 3.8) is 0 Å². The molecule has 0 aliphatic carbocycles. The number of benzene rings is 2. The van der Waals surface area contributed by atoms with Crippen molar-refractivity contribution in [1.82, 2.24) is 9.80 Å². The average molecular weight is 524 g/mol. The van der Waals surface area contributed by atoms with Crippen LogP contribution in [0.1, 0.15) is 30.9 Å². The molecule has 1 spiro atoms. The van der Waals surface area contributed by atoms with E-state index in [2.05, 4.69) is 4.90 Å². The highest BCUT2D eigenvalue weighted by molar-refractivity contribution is 6.50. The van der Waals surface area contributed by atoms with E-state index < -0.39 is 23.1 Å². The molecule has 0 aromatic heterocycles. The van der Waals surface area contributed by atoms with Gasteiger partial charge in [0, 0.05) is 48.9 Å². The van der Waals surface area contributed by atoms with Gasteiger partial charge in [-0.15, -0.1) is 0 Å². The van der Waals surface area contributed by atoms with Crippen LogP contribution in [-0.4, -0.2) is 78.4 Å². The van der Waals surface area contributed by atoms with E-state index in [1.54, 1.807) is 41.3 Å². The number of carbonyl (C=O) groups excluding carboxylic acids is 3. The van der Waals surface area contributed by atoms with Crippen LogP contribution < -0.4 is 4.90 Å². The molecule has 3 aliphatic rings. The Balaban J connectivity index is 1.64. The van der Waals surface area contributed by atoms with Gasteiger partial charge in [0.05, 0.1) is 24.5 Å². The number of amides is 2.